The number of ether oxygens (including phenoxy) is 3. The molecule has 0 bridgehead atoms. The van der Waals surface area contributed by atoms with Crippen LogP contribution in [0.1, 0.15) is 15.9 Å². The van der Waals surface area contributed by atoms with Crippen LogP contribution >= 0.6 is 23.2 Å². The molecule has 2 aromatic rings. The predicted molar refractivity (Wildman–Crippen MR) is 99.0 cm³/mol. The summed E-state index contributed by atoms with van der Waals surface area (Å²) in [7, 11) is -0.922. The van der Waals surface area contributed by atoms with E-state index >= 15 is 0 Å². The molecule has 0 atom stereocenters. The van der Waals surface area contributed by atoms with Gasteiger partial charge in [-0.15, -0.1) is 0 Å². The molecule has 3 rings (SSSR count). The summed E-state index contributed by atoms with van der Waals surface area (Å²) < 4.78 is 41.2. The number of sulfonamides is 1. The van der Waals surface area contributed by atoms with Gasteiger partial charge in [-0.25, -0.2) is 17.5 Å². The maximum Gasteiger partial charge on any atom is 0.340 e. The summed E-state index contributed by atoms with van der Waals surface area (Å²) in [6.45, 7) is -0.0305. The van der Waals surface area contributed by atoms with Gasteiger partial charge >= 0.3 is 5.97 Å². The van der Waals surface area contributed by atoms with Crippen molar-refractivity contribution in [3.05, 3.63) is 51.5 Å². The van der Waals surface area contributed by atoms with Gasteiger partial charge in [0, 0.05) is 14.1 Å². The van der Waals surface area contributed by atoms with E-state index in [9.17, 15) is 13.2 Å². The van der Waals surface area contributed by atoms with E-state index in [1.165, 1.54) is 32.3 Å². The van der Waals surface area contributed by atoms with Crippen molar-refractivity contribution < 1.29 is 27.4 Å². The highest BCUT2D eigenvalue weighted by molar-refractivity contribution is 7.89. The number of hydrogen-bond acceptors (Lipinski definition) is 6. The molecule has 0 radical (unpaired) electrons. The molecule has 27 heavy (non-hydrogen) atoms. The Labute approximate surface area is 166 Å². The summed E-state index contributed by atoms with van der Waals surface area (Å²) in [4.78, 5) is 12.3. The van der Waals surface area contributed by atoms with Crippen LogP contribution in [0.4, 0.5) is 0 Å². The number of nitrogens with zero attached hydrogens (tertiary/aromatic N) is 1. The Morgan fingerprint density at radius 1 is 1.15 bits per heavy atom. The van der Waals surface area contributed by atoms with Gasteiger partial charge in [0.2, 0.25) is 16.8 Å². The number of halogens is 2. The lowest BCUT2D eigenvalue weighted by Crippen LogP contribution is -2.22. The second kappa shape index (κ2) is 7.55. The first kappa shape index (κ1) is 19.8. The van der Waals surface area contributed by atoms with Crippen molar-refractivity contribution in [3.63, 3.8) is 0 Å². The summed E-state index contributed by atoms with van der Waals surface area (Å²) in [6.07, 6.45) is 0. The summed E-state index contributed by atoms with van der Waals surface area (Å²) in [5.74, 6) is 0.145. The molecule has 0 fully saturated rings. The van der Waals surface area contributed by atoms with Crippen molar-refractivity contribution in [2.24, 2.45) is 0 Å². The van der Waals surface area contributed by atoms with Gasteiger partial charge in [0.1, 0.15) is 6.61 Å². The second-order valence-corrected chi connectivity index (χ2v) is 8.78. The third kappa shape index (κ3) is 3.98. The quantitative estimate of drug-likeness (QED) is 0.675. The Bertz CT molecular complexity index is 1010. The smallest absolute Gasteiger partial charge is 0.340 e. The normalized spacial score (nSPS) is 13.1. The Morgan fingerprint density at radius 2 is 1.89 bits per heavy atom. The zero-order valence-corrected chi connectivity index (χ0v) is 16.7. The lowest BCUT2D eigenvalue weighted by atomic mass is 10.2. The van der Waals surface area contributed by atoms with Gasteiger partial charge in [0.15, 0.2) is 11.5 Å². The van der Waals surface area contributed by atoms with E-state index in [-0.39, 0.29) is 28.9 Å². The molecule has 0 saturated carbocycles. The van der Waals surface area contributed by atoms with Crippen molar-refractivity contribution in [1.82, 2.24) is 4.31 Å². The van der Waals surface area contributed by atoms with Crippen LogP contribution in [-0.2, 0) is 21.4 Å². The van der Waals surface area contributed by atoms with E-state index in [1.54, 1.807) is 12.1 Å². The molecule has 144 valence electrons. The molecule has 0 spiro atoms. The molecular weight excluding hydrogens is 417 g/mol. The molecule has 2 aromatic carbocycles. The van der Waals surface area contributed by atoms with E-state index in [0.29, 0.717) is 22.1 Å². The topological polar surface area (TPSA) is 82.1 Å². The average molecular weight is 432 g/mol. The minimum atomic E-state index is -3.71. The standard InChI is InChI=1S/C17H15Cl2NO6S/c1-20(2)27(22,23)11-3-4-13(18)12(7-11)17(21)24-8-10-5-14(19)16-15(6-10)25-9-26-16/h3-7H,8-9H2,1-2H3. The lowest BCUT2D eigenvalue weighted by molar-refractivity contribution is 0.0472. The zero-order chi connectivity index (χ0) is 19.8. The van der Waals surface area contributed by atoms with Crippen LogP contribution in [0, 0.1) is 0 Å². The predicted octanol–water partition coefficient (Wildman–Crippen LogP) is 3.33. The minimum absolute atomic E-state index is 0.0496. The fourth-order valence-electron chi connectivity index (χ4n) is 2.36. The highest BCUT2D eigenvalue weighted by atomic mass is 35.5. The highest BCUT2D eigenvalue weighted by Gasteiger charge is 2.22. The SMILES string of the molecule is CN(C)S(=O)(=O)c1ccc(Cl)c(C(=O)OCc2cc(Cl)c3c(c2)OCO3)c1. The number of carbonyl (C=O) groups excluding carboxylic acids is 1. The van der Waals surface area contributed by atoms with Gasteiger partial charge in [0.25, 0.3) is 0 Å². The van der Waals surface area contributed by atoms with Crippen molar-refractivity contribution in [2.75, 3.05) is 20.9 Å². The average Bonchev–Trinajstić information content (AvgIpc) is 3.09. The Hall–Kier alpha value is -2.00. The van der Waals surface area contributed by atoms with Crippen molar-refractivity contribution in [1.29, 1.82) is 0 Å². The van der Waals surface area contributed by atoms with Crippen LogP contribution in [0.3, 0.4) is 0 Å². The van der Waals surface area contributed by atoms with Crippen LogP contribution in [0.25, 0.3) is 0 Å². The largest absolute Gasteiger partial charge is 0.457 e. The van der Waals surface area contributed by atoms with E-state index in [2.05, 4.69) is 0 Å². The number of benzene rings is 2. The van der Waals surface area contributed by atoms with E-state index in [4.69, 9.17) is 37.4 Å². The molecule has 1 aliphatic rings. The van der Waals surface area contributed by atoms with Crippen LogP contribution in [0.15, 0.2) is 35.2 Å². The van der Waals surface area contributed by atoms with Crippen LogP contribution in [-0.4, -0.2) is 39.6 Å². The monoisotopic (exact) mass is 431 g/mol. The zero-order valence-electron chi connectivity index (χ0n) is 14.4. The Balaban J connectivity index is 1.80. The molecule has 10 heteroatoms. The molecule has 1 aliphatic heterocycles. The van der Waals surface area contributed by atoms with E-state index in [1.807, 2.05) is 0 Å². The van der Waals surface area contributed by atoms with Gasteiger partial charge in [-0.3, -0.25) is 0 Å². The number of fused-ring (bicyclic) bond motifs is 1. The minimum Gasteiger partial charge on any atom is -0.457 e. The number of rotatable bonds is 5. The Morgan fingerprint density at radius 3 is 2.59 bits per heavy atom. The third-order valence-electron chi connectivity index (χ3n) is 3.79. The van der Waals surface area contributed by atoms with Crippen LogP contribution in [0.5, 0.6) is 11.5 Å². The maximum atomic E-state index is 12.4. The lowest BCUT2D eigenvalue weighted by Gasteiger charge is -2.13. The highest BCUT2D eigenvalue weighted by Crippen LogP contribution is 2.40. The summed E-state index contributed by atoms with van der Waals surface area (Å²) in [5.41, 5.74) is 0.539. The first-order valence-electron chi connectivity index (χ1n) is 7.67. The van der Waals surface area contributed by atoms with Crippen LogP contribution in [0.2, 0.25) is 10.0 Å². The van der Waals surface area contributed by atoms with Gasteiger partial charge in [-0.2, -0.15) is 0 Å². The molecule has 1 heterocycles. The molecule has 0 aromatic heterocycles. The van der Waals surface area contributed by atoms with Gasteiger partial charge < -0.3 is 14.2 Å². The summed E-state index contributed by atoms with van der Waals surface area (Å²) >= 11 is 12.1. The summed E-state index contributed by atoms with van der Waals surface area (Å²) in [5, 5.41) is 0.426. The van der Waals surface area contributed by atoms with Crippen molar-refractivity contribution >= 4 is 39.2 Å². The third-order valence-corrected chi connectivity index (χ3v) is 6.21. The molecular formula is C17H15Cl2NO6S. The fourth-order valence-corrected chi connectivity index (χ4v) is 3.77. The van der Waals surface area contributed by atoms with E-state index in [0.717, 1.165) is 4.31 Å². The number of esters is 1. The number of hydrogen-bond donors (Lipinski definition) is 0. The van der Waals surface area contributed by atoms with E-state index < -0.39 is 16.0 Å². The van der Waals surface area contributed by atoms with Gasteiger partial charge in [-0.05, 0) is 35.9 Å². The Kier molecular flexibility index (Phi) is 5.53. The molecule has 7 nitrogen and oxygen atoms in total. The molecule has 0 saturated heterocycles. The first-order chi connectivity index (χ1) is 12.7. The maximum absolute atomic E-state index is 12.4. The van der Waals surface area contributed by atoms with Crippen LogP contribution < -0.4 is 9.47 Å². The first-order valence-corrected chi connectivity index (χ1v) is 9.87. The fraction of sp³-hybridized carbons (Fsp3) is 0.235. The second-order valence-electron chi connectivity index (χ2n) is 5.82. The molecule has 0 aliphatic carbocycles. The summed E-state index contributed by atoms with van der Waals surface area (Å²) in [6, 6.07) is 7.09. The molecule has 0 N–H and O–H groups in total. The number of carbonyl (C=O) groups is 1. The van der Waals surface area contributed by atoms with Gasteiger partial charge in [-0.1, -0.05) is 23.2 Å². The molecule has 0 amide bonds. The van der Waals surface area contributed by atoms with Crippen molar-refractivity contribution in [2.45, 2.75) is 11.5 Å². The van der Waals surface area contributed by atoms with Gasteiger partial charge in [0.05, 0.1) is 20.5 Å². The molecule has 0 unspecified atom stereocenters. The van der Waals surface area contributed by atoms with Crippen molar-refractivity contribution in [3.8, 4) is 11.5 Å².